The predicted octanol–water partition coefficient (Wildman–Crippen LogP) is 6.99. The minimum Gasteiger partial charge on any atom is -0.342 e. The molecule has 0 radical (unpaired) electrons. The number of fused-ring (bicyclic) bond motifs is 1. The lowest BCUT2D eigenvalue weighted by atomic mass is 9.86. The molecule has 174 valence electrons. The molecule has 3 aromatic carbocycles. The van der Waals surface area contributed by atoms with Crippen LogP contribution in [0.1, 0.15) is 43.0 Å². The number of halogens is 2. The van der Waals surface area contributed by atoms with Crippen molar-refractivity contribution in [1.29, 1.82) is 0 Å². The zero-order valence-corrected chi connectivity index (χ0v) is 21.0. The van der Waals surface area contributed by atoms with Crippen LogP contribution >= 0.6 is 23.2 Å². The average molecular weight is 492 g/mol. The number of carbonyl (C=O) groups excluding carboxylic acids is 1. The third-order valence-corrected chi connectivity index (χ3v) is 6.47. The van der Waals surface area contributed by atoms with Gasteiger partial charge in [-0.15, -0.1) is 0 Å². The Labute approximate surface area is 210 Å². The molecule has 0 unspecified atom stereocenters. The van der Waals surface area contributed by atoms with Crippen LogP contribution in [0.4, 0.5) is 0 Å². The highest BCUT2D eigenvalue weighted by atomic mass is 35.5. The van der Waals surface area contributed by atoms with Gasteiger partial charge in [0.05, 0.1) is 22.7 Å². The topological polar surface area (TPSA) is 46.4 Å². The first-order valence-electron chi connectivity index (χ1n) is 11.1. The number of benzene rings is 3. The predicted molar refractivity (Wildman–Crippen MR) is 142 cm³/mol. The molecular formula is C28H27Cl2N3O. The highest BCUT2D eigenvalue weighted by Crippen LogP contribution is 2.26. The summed E-state index contributed by atoms with van der Waals surface area (Å²) >= 11 is 12.2. The van der Waals surface area contributed by atoms with Crippen LogP contribution in [0, 0.1) is 0 Å². The smallest absolute Gasteiger partial charge is 0.244 e. The van der Waals surface area contributed by atoms with Crippen LogP contribution < -0.4 is 5.43 Å². The number of carbonyl (C=O) groups is 1. The van der Waals surface area contributed by atoms with E-state index >= 15 is 0 Å². The molecule has 1 amide bonds. The van der Waals surface area contributed by atoms with Crippen molar-refractivity contribution in [2.24, 2.45) is 5.10 Å². The van der Waals surface area contributed by atoms with Gasteiger partial charge in [-0.3, -0.25) is 4.79 Å². The fourth-order valence-corrected chi connectivity index (χ4v) is 4.19. The number of hydrogen-bond acceptors (Lipinski definition) is 2. The summed E-state index contributed by atoms with van der Waals surface area (Å²) < 4.78 is 2.13. The largest absolute Gasteiger partial charge is 0.342 e. The maximum atomic E-state index is 12.4. The summed E-state index contributed by atoms with van der Waals surface area (Å²) in [5.74, 6) is -0.153. The van der Waals surface area contributed by atoms with Crippen molar-refractivity contribution in [3.63, 3.8) is 0 Å². The van der Waals surface area contributed by atoms with E-state index < -0.39 is 0 Å². The zero-order valence-electron chi connectivity index (χ0n) is 19.5. The molecule has 6 heteroatoms. The second-order valence-corrected chi connectivity index (χ2v) is 10.2. The van der Waals surface area contributed by atoms with Crippen LogP contribution in [0.2, 0.25) is 10.0 Å². The Bertz CT molecular complexity index is 1350. The van der Waals surface area contributed by atoms with Gasteiger partial charge < -0.3 is 4.57 Å². The van der Waals surface area contributed by atoms with Crippen LogP contribution in [0.5, 0.6) is 0 Å². The molecule has 0 saturated heterocycles. The standard InChI is InChI=1S/C28H27Cl2N3O/c1-28(2,3)22-11-8-19(9-12-22)15-27(34)32-31-16-21-18-33(26-7-5-4-6-23(21)26)17-20-10-13-24(29)25(30)14-20/h4-14,16,18H,15,17H2,1-3H3,(H,32,34)/b31-16-. The summed E-state index contributed by atoms with van der Waals surface area (Å²) in [6, 6.07) is 21.9. The van der Waals surface area contributed by atoms with Crippen molar-refractivity contribution >= 4 is 46.2 Å². The van der Waals surface area contributed by atoms with E-state index in [9.17, 15) is 4.79 Å². The summed E-state index contributed by atoms with van der Waals surface area (Å²) in [4.78, 5) is 12.4. The van der Waals surface area contributed by atoms with Crippen LogP contribution in [-0.4, -0.2) is 16.7 Å². The number of nitrogens with zero attached hydrogens (tertiary/aromatic N) is 2. The Hall–Kier alpha value is -3.08. The third kappa shape index (κ3) is 5.69. The lowest BCUT2D eigenvalue weighted by molar-refractivity contribution is -0.120. The van der Waals surface area contributed by atoms with Gasteiger partial charge in [0.2, 0.25) is 5.91 Å². The van der Waals surface area contributed by atoms with E-state index in [1.54, 1.807) is 12.3 Å². The molecule has 1 aromatic heterocycles. The van der Waals surface area contributed by atoms with Gasteiger partial charge in [0, 0.05) is 29.2 Å². The molecule has 1 heterocycles. The Morgan fingerprint density at radius 2 is 1.68 bits per heavy atom. The summed E-state index contributed by atoms with van der Waals surface area (Å²) in [5, 5.41) is 6.34. The molecule has 0 fully saturated rings. The summed E-state index contributed by atoms with van der Waals surface area (Å²) in [5.41, 5.74) is 7.98. The highest BCUT2D eigenvalue weighted by Gasteiger charge is 2.13. The lowest BCUT2D eigenvalue weighted by Crippen LogP contribution is -2.20. The van der Waals surface area contributed by atoms with Gasteiger partial charge in [-0.2, -0.15) is 5.10 Å². The van der Waals surface area contributed by atoms with Gasteiger partial charge in [-0.25, -0.2) is 5.43 Å². The monoisotopic (exact) mass is 491 g/mol. The van der Waals surface area contributed by atoms with E-state index in [-0.39, 0.29) is 17.7 Å². The quantitative estimate of drug-likeness (QED) is 0.229. The molecule has 0 aliphatic heterocycles. The van der Waals surface area contributed by atoms with Gasteiger partial charge in [0.15, 0.2) is 0 Å². The molecule has 34 heavy (non-hydrogen) atoms. The third-order valence-electron chi connectivity index (χ3n) is 5.73. The van der Waals surface area contributed by atoms with Crippen molar-refractivity contribution in [3.05, 3.63) is 105 Å². The normalized spacial score (nSPS) is 11.9. The molecule has 0 aliphatic carbocycles. The van der Waals surface area contributed by atoms with Crippen molar-refractivity contribution in [2.45, 2.75) is 39.2 Å². The molecule has 0 saturated carbocycles. The van der Waals surface area contributed by atoms with E-state index in [0.29, 0.717) is 16.6 Å². The fraction of sp³-hybridized carbons (Fsp3) is 0.214. The first kappa shape index (κ1) is 24.1. The van der Waals surface area contributed by atoms with Crippen molar-refractivity contribution < 1.29 is 4.79 Å². The number of para-hydroxylation sites is 1. The van der Waals surface area contributed by atoms with E-state index in [0.717, 1.165) is 27.6 Å². The first-order valence-corrected chi connectivity index (χ1v) is 11.9. The number of rotatable bonds is 6. The molecular weight excluding hydrogens is 465 g/mol. The average Bonchev–Trinajstić information content (AvgIpc) is 3.13. The van der Waals surface area contributed by atoms with Gasteiger partial charge in [0.25, 0.3) is 0 Å². The SMILES string of the molecule is CC(C)(C)c1ccc(CC(=O)N/N=C\c2cn(Cc3ccc(Cl)c(Cl)c3)c3ccccc23)cc1. The number of aromatic nitrogens is 1. The Balaban J connectivity index is 1.46. The highest BCUT2D eigenvalue weighted by molar-refractivity contribution is 6.42. The van der Waals surface area contributed by atoms with E-state index in [1.807, 2.05) is 48.7 Å². The zero-order chi connectivity index (χ0) is 24.3. The van der Waals surface area contributed by atoms with Gasteiger partial charge in [0.1, 0.15) is 0 Å². The van der Waals surface area contributed by atoms with Crippen molar-refractivity contribution in [2.75, 3.05) is 0 Å². The number of nitrogens with one attached hydrogen (secondary N) is 1. The van der Waals surface area contributed by atoms with Gasteiger partial charge in [-0.1, -0.05) is 92.5 Å². The lowest BCUT2D eigenvalue weighted by Gasteiger charge is -2.19. The molecule has 4 nitrogen and oxygen atoms in total. The molecule has 1 N–H and O–H groups in total. The molecule has 4 aromatic rings. The molecule has 0 spiro atoms. The first-order chi connectivity index (χ1) is 16.2. The summed E-state index contributed by atoms with van der Waals surface area (Å²) in [6.45, 7) is 7.16. The van der Waals surface area contributed by atoms with E-state index in [4.69, 9.17) is 23.2 Å². The number of hydrogen-bond donors (Lipinski definition) is 1. The summed E-state index contributed by atoms with van der Waals surface area (Å²) in [6.07, 6.45) is 3.99. The second kappa shape index (κ2) is 10.0. The Morgan fingerprint density at radius 1 is 0.971 bits per heavy atom. The molecule has 4 rings (SSSR count). The number of amides is 1. The minimum absolute atomic E-state index is 0.0874. The van der Waals surface area contributed by atoms with Crippen LogP contribution in [0.3, 0.4) is 0 Å². The second-order valence-electron chi connectivity index (χ2n) is 9.39. The van der Waals surface area contributed by atoms with Gasteiger partial charge >= 0.3 is 0 Å². The molecule has 0 bridgehead atoms. The van der Waals surface area contributed by atoms with Crippen molar-refractivity contribution in [3.8, 4) is 0 Å². The van der Waals surface area contributed by atoms with Crippen LogP contribution in [0.15, 0.2) is 78.0 Å². The van der Waals surface area contributed by atoms with E-state index in [2.05, 4.69) is 54.1 Å². The summed E-state index contributed by atoms with van der Waals surface area (Å²) in [7, 11) is 0. The van der Waals surface area contributed by atoms with E-state index in [1.165, 1.54) is 5.56 Å². The maximum absolute atomic E-state index is 12.4. The molecule has 0 atom stereocenters. The van der Waals surface area contributed by atoms with Crippen LogP contribution in [-0.2, 0) is 23.2 Å². The Morgan fingerprint density at radius 3 is 2.38 bits per heavy atom. The minimum atomic E-state index is -0.153. The maximum Gasteiger partial charge on any atom is 0.244 e. The van der Waals surface area contributed by atoms with Crippen molar-refractivity contribution in [1.82, 2.24) is 9.99 Å². The molecule has 0 aliphatic rings. The number of hydrazone groups is 1. The fourth-order valence-electron chi connectivity index (χ4n) is 3.86. The Kier molecular flexibility index (Phi) is 7.11. The van der Waals surface area contributed by atoms with Crippen LogP contribution in [0.25, 0.3) is 10.9 Å². The van der Waals surface area contributed by atoms with Gasteiger partial charge in [-0.05, 0) is 40.3 Å².